The van der Waals surface area contributed by atoms with Crippen molar-refractivity contribution in [2.45, 2.75) is 39.5 Å². The van der Waals surface area contributed by atoms with Crippen LogP contribution >= 0.6 is 0 Å². The van der Waals surface area contributed by atoms with Gasteiger partial charge in [0.25, 0.3) is 5.71 Å². The fraction of sp³-hybridized carbons (Fsp3) is 0.467. The van der Waals surface area contributed by atoms with Crippen molar-refractivity contribution in [2.24, 2.45) is 0 Å². The summed E-state index contributed by atoms with van der Waals surface area (Å²) in [5.41, 5.74) is 3.07. The lowest BCUT2D eigenvalue weighted by molar-refractivity contribution is 0.193. The van der Waals surface area contributed by atoms with Gasteiger partial charge < -0.3 is 14.5 Å². The average molecular weight is 314 g/mol. The van der Waals surface area contributed by atoms with E-state index in [1.165, 1.54) is 6.33 Å². The molecule has 23 heavy (non-hydrogen) atoms. The van der Waals surface area contributed by atoms with Crippen LogP contribution in [-0.2, 0) is 13.1 Å². The van der Waals surface area contributed by atoms with Gasteiger partial charge in [-0.3, -0.25) is 4.68 Å². The molecular weight excluding hydrogens is 296 g/mol. The number of fused-ring (bicyclic) bond motifs is 2. The van der Waals surface area contributed by atoms with Gasteiger partial charge in [-0.1, -0.05) is 5.16 Å². The lowest BCUT2D eigenvalue weighted by Crippen LogP contribution is -2.24. The van der Waals surface area contributed by atoms with Gasteiger partial charge in [0.05, 0.1) is 29.7 Å². The third-order valence-electron chi connectivity index (χ3n) is 4.18. The average Bonchev–Trinajstić information content (AvgIpc) is 3.06. The molecule has 0 saturated carbocycles. The van der Waals surface area contributed by atoms with Crippen LogP contribution in [-0.4, -0.2) is 36.6 Å². The zero-order chi connectivity index (χ0) is 16.0. The number of aromatic nitrogens is 5. The number of aliphatic hydroxyl groups is 1. The van der Waals surface area contributed by atoms with Gasteiger partial charge in [-0.25, -0.2) is 4.98 Å². The van der Waals surface area contributed by atoms with Crippen LogP contribution in [0.4, 0.5) is 5.82 Å². The molecule has 1 N–H and O–H groups in total. The van der Waals surface area contributed by atoms with E-state index >= 15 is 0 Å². The molecule has 0 amide bonds. The van der Waals surface area contributed by atoms with Crippen LogP contribution in [0.1, 0.15) is 36.5 Å². The third-order valence-corrected chi connectivity index (χ3v) is 4.18. The van der Waals surface area contributed by atoms with E-state index in [0.717, 1.165) is 42.1 Å². The Hall–Kier alpha value is -2.48. The van der Waals surface area contributed by atoms with E-state index in [2.05, 4.69) is 25.1 Å². The summed E-state index contributed by atoms with van der Waals surface area (Å²) >= 11 is 0. The van der Waals surface area contributed by atoms with Crippen molar-refractivity contribution in [3.63, 3.8) is 0 Å². The number of anilines is 1. The van der Waals surface area contributed by atoms with Crippen molar-refractivity contribution < 1.29 is 9.63 Å². The summed E-state index contributed by atoms with van der Waals surface area (Å²) < 4.78 is 7.21. The molecule has 120 valence electrons. The Balaban J connectivity index is 1.75. The standard InChI is InChI=1S/C15H18N6O2/c1-9-13-14(16-8-17-15(13)23-19-9)20-4-3-5-21-11(7-20)6-12(18-21)10(2)22/h6,8,10,22H,3-5,7H2,1-2H3/t10-/m1/s1. The summed E-state index contributed by atoms with van der Waals surface area (Å²) in [4.78, 5) is 10.8. The van der Waals surface area contributed by atoms with Gasteiger partial charge in [0.2, 0.25) is 0 Å². The first-order valence-corrected chi connectivity index (χ1v) is 7.70. The van der Waals surface area contributed by atoms with Crippen molar-refractivity contribution in [3.05, 3.63) is 29.5 Å². The molecule has 8 nitrogen and oxygen atoms in total. The van der Waals surface area contributed by atoms with Gasteiger partial charge in [0.15, 0.2) is 0 Å². The molecule has 3 aromatic rings. The van der Waals surface area contributed by atoms with Crippen LogP contribution in [0.3, 0.4) is 0 Å². The second-order valence-corrected chi connectivity index (χ2v) is 5.88. The van der Waals surface area contributed by atoms with Crippen LogP contribution in [0.15, 0.2) is 16.9 Å². The summed E-state index contributed by atoms with van der Waals surface area (Å²) in [6.07, 6.45) is 1.89. The Morgan fingerprint density at radius 3 is 3.00 bits per heavy atom. The largest absolute Gasteiger partial charge is 0.387 e. The number of nitrogens with zero attached hydrogens (tertiary/aromatic N) is 6. The first-order valence-electron chi connectivity index (χ1n) is 7.70. The highest BCUT2D eigenvalue weighted by atomic mass is 16.5. The molecule has 4 rings (SSSR count). The van der Waals surface area contributed by atoms with Crippen molar-refractivity contribution in [2.75, 3.05) is 11.4 Å². The van der Waals surface area contributed by atoms with Crippen molar-refractivity contribution in [3.8, 4) is 0 Å². The maximum absolute atomic E-state index is 9.75. The second kappa shape index (κ2) is 5.31. The van der Waals surface area contributed by atoms with Gasteiger partial charge in [-0.2, -0.15) is 10.1 Å². The summed E-state index contributed by atoms with van der Waals surface area (Å²) in [5.74, 6) is 0.835. The molecule has 0 aromatic carbocycles. The molecule has 8 heteroatoms. The highest BCUT2D eigenvalue weighted by Crippen LogP contribution is 2.28. The number of hydrogen-bond acceptors (Lipinski definition) is 7. The maximum Gasteiger partial charge on any atom is 0.263 e. The topological polar surface area (TPSA) is 93.1 Å². The molecule has 1 atom stereocenters. The molecule has 0 radical (unpaired) electrons. The van der Waals surface area contributed by atoms with E-state index in [4.69, 9.17) is 4.52 Å². The van der Waals surface area contributed by atoms with Crippen LogP contribution in [0.2, 0.25) is 0 Å². The molecule has 4 heterocycles. The smallest absolute Gasteiger partial charge is 0.263 e. The Morgan fingerprint density at radius 2 is 2.17 bits per heavy atom. The Labute approximate surface area is 132 Å². The molecule has 1 aliphatic rings. The summed E-state index contributed by atoms with van der Waals surface area (Å²) in [6.45, 7) is 6.00. The Kier molecular flexibility index (Phi) is 3.26. The molecule has 0 saturated heterocycles. The zero-order valence-corrected chi connectivity index (χ0v) is 13.1. The second-order valence-electron chi connectivity index (χ2n) is 5.88. The summed E-state index contributed by atoms with van der Waals surface area (Å²) in [5, 5.41) is 19.1. The van der Waals surface area contributed by atoms with Crippen LogP contribution < -0.4 is 4.90 Å². The first kappa shape index (κ1) is 14.1. The minimum atomic E-state index is -0.561. The molecule has 1 aliphatic heterocycles. The molecular formula is C15H18N6O2. The molecule has 0 spiro atoms. The quantitative estimate of drug-likeness (QED) is 0.767. The molecule has 3 aromatic heterocycles. The monoisotopic (exact) mass is 314 g/mol. The van der Waals surface area contributed by atoms with Crippen molar-refractivity contribution >= 4 is 16.9 Å². The number of aliphatic hydroxyl groups excluding tert-OH is 1. The Morgan fingerprint density at radius 1 is 1.30 bits per heavy atom. The van der Waals surface area contributed by atoms with Crippen molar-refractivity contribution in [1.29, 1.82) is 0 Å². The van der Waals surface area contributed by atoms with Gasteiger partial charge >= 0.3 is 0 Å². The predicted molar refractivity (Wildman–Crippen MR) is 82.9 cm³/mol. The normalized spacial score (nSPS) is 16.4. The fourth-order valence-corrected chi connectivity index (χ4v) is 3.01. The first-order chi connectivity index (χ1) is 11.1. The summed E-state index contributed by atoms with van der Waals surface area (Å²) in [7, 11) is 0. The van der Waals surface area contributed by atoms with Gasteiger partial charge in [-0.05, 0) is 26.3 Å². The van der Waals surface area contributed by atoms with E-state index in [-0.39, 0.29) is 0 Å². The third kappa shape index (κ3) is 2.35. The fourth-order valence-electron chi connectivity index (χ4n) is 3.01. The van der Waals surface area contributed by atoms with Gasteiger partial charge in [0.1, 0.15) is 17.5 Å². The predicted octanol–water partition coefficient (Wildman–Crippen LogP) is 1.59. The molecule has 0 unspecified atom stereocenters. The SMILES string of the molecule is Cc1noc2ncnc(N3CCCn4nc([C@@H](C)O)cc4C3)c12. The minimum Gasteiger partial charge on any atom is -0.387 e. The van der Waals surface area contributed by atoms with Crippen LogP contribution in [0, 0.1) is 6.92 Å². The van der Waals surface area contributed by atoms with Gasteiger partial charge in [-0.15, -0.1) is 0 Å². The van der Waals surface area contributed by atoms with E-state index in [0.29, 0.717) is 18.0 Å². The van der Waals surface area contributed by atoms with E-state index < -0.39 is 6.10 Å². The number of rotatable bonds is 2. The highest BCUT2D eigenvalue weighted by Gasteiger charge is 2.22. The molecule has 0 fully saturated rings. The lowest BCUT2D eigenvalue weighted by atomic mass is 10.2. The summed E-state index contributed by atoms with van der Waals surface area (Å²) in [6, 6.07) is 1.96. The van der Waals surface area contributed by atoms with Gasteiger partial charge in [0, 0.05) is 13.1 Å². The minimum absolute atomic E-state index is 0.509. The number of aryl methyl sites for hydroxylation is 2. The highest BCUT2D eigenvalue weighted by molar-refractivity contribution is 5.87. The molecule has 0 aliphatic carbocycles. The molecule has 0 bridgehead atoms. The lowest BCUT2D eigenvalue weighted by Gasteiger charge is -2.21. The van der Waals surface area contributed by atoms with Crippen LogP contribution in [0.5, 0.6) is 0 Å². The van der Waals surface area contributed by atoms with Crippen molar-refractivity contribution in [1.82, 2.24) is 24.9 Å². The van der Waals surface area contributed by atoms with E-state index in [1.54, 1.807) is 6.92 Å². The zero-order valence-electron chi connectivity index (χ0n) is 13.1. The van der Waals surface area contributed by atoms with E-state index in [1.807, 2.05) is 17.7 Å². The van der Waals surface area contributed by atoms with Crippen LogP contribution in [0.25, 0.3) is 11.1 Å². The maximum atomic E-state index is 9.75. The Bertz CT molecular complexity index is 853. The number of hydrogen-bond donors (Lipinski definition) is 1. The van der Waals surface area contributed by atoms with E-state index in [9.17, 15) is 5.11 Å².